The van der Waals surface area contributed by atoms with Crippen LogP contribution in [0.3, 0.4) is 0 Å². The Morgan fingerprint density at radius 1 is 1.22 bits per heavy atom. The molecule has 1 aliphatic heterocycles. The SMILES string of the molecule is CCN1CCN(c2c(Cl)cccc2NC(=O)c2cc(Br)cc(Br)c2I)CC1. The molecule has 0 bridgehead atoms. The molecule has 1 N–H and O–H groups in total. The Morgan fingerprint density at radius 3 is 2.59 bits per heavy atom. The van der Waals surface area contributed by atoms with Crippen LogP contribution in [0.15, 0.2) is 39.3 Å². The zero-order valence-electron chi connectivity index (χ0n) is 14.7. The predicted octanol–water partition coefficient (Wildman–Crippen LogP) is 5.86. The van der Waals surface area contributed by atoms with Crippen LogP contribution in [-0.4, -0.2) is 43.5 Å². The highest BCUT2D eigenvalue weighted by molar-refractivity contribution is 14.1. The maximum Gasteiger partial charge on any atom is 0.256 e. The van der Waals surface area contributed by atoms with Gasteiger partial charge in [-0.3, -0.25) is 4.79 Å². The highest BCUT2D eigenvalue weighted by atomic mass is 127. The number of piperazine rings is 1. The third-order valence-electron chi connectivity index (χ3n) is 4.61. The van der Waals surface area contributed by atoms with Gasteiger partial charge < -0.3 is 15.1 Å². The van der Waals surface area contributed by atoms with Crippen molar-refractivity contribution in [1.82, 2.24) is 4.90 Å². The van der Waals surface area contributed by atoms with E-state index in [9.17, 15) is 4.79 Å². The molecule has 2 aromatic rings. The minimum Gasteiger partial charge on any atom is -0.366 e. The van der Waals surface area contributed by atoms with Gasteiger partial charge in [0.15, 0.2) is 0 Å². The van der Waals surface area contributed by atoms with Gasteiger partial charge in [0.2, 0.25) is 0 Å². The van der Waals surface area contributed by atoms with Gasteiger partial charge in [-0.2, -0.15) is 0 Å². The maximum atomic E-state index is 13.0. The molecule has 0 aliphatic carbocycles. The predicted molar refractivity (Wildman–Crippen MR) is 128 cm³/mol. The second-order valence-corrected chi connectivity index (χ2v) is 9.52. The number of hydrogen-bond donors (Lipinski definition) is 1. The van der Waals surface area contributed by atoms with Crippen LogP contribution in [0.25, 0.3) is 0 Å². The summed E-state index contributed by atoms with van der Waals surface area (Å²) >= 11 is 15.6. The highest BCUT2D eigenvalue weighted by Crippen LogP contribution is 2.35. The smallest absolute Gasteiger partial charge is 0.256 e. The summed E-state index contributed by atoms with van der Waals surface area (Å²) < 4.78 is 2.60. The summed E-state index contributed by atoms with van der Waals surface area (Å²) in [6.07, 6.45) is 0. The summed E-state index contributed by atoms with van der Waals surface area (Å²) in [5.41, 5.74) is 2.25. The molecule has 0 atom stereocenters. The zero-order chi connectivity index (χ0) is 19.6. The topological polar surface area (TPSA) is 35.6 Å². The van der Waals surface area contributed by atoms with Gasteiger partial charge in [0.1, 0.15) is 0 Å². The lowest BCUT2D eigenvalue weighted by molar-refractivity contribution is 0.102. The van der Waals surface area contributed by atoms with E-state index in [1.807, 2.05) is 30.3 Å². The number of carbonyl (C=O) groups excluding carboxylic acids is 1. The lowest BCUT2D eigenvalue weighted by atomic mass is 10.1. The van der Waals surface area contributed by atoms with Gasteiger partial charge in [-0.25, -0.2) is 0 Å². The number of anilines is 2. The summed E-state index contributed by atoms with van der Waals surface area (Å²) in [5.74, 6) is -0.155. The van der Waals surface area contributed by atoms with Gasteiger partial charge in [0, 0.05) is 38.7 Å². The lowest BCUT2D eigenvalue weighted by Gasteiger charge is -2.36. The number of hydrogen-bond acceptors (Lipinski definition) is 3. The number of para-hydroxylation sites is 1. The Kier molecular flexibility index (Phi) is 7.46. The number of nitrogens with one attached hydrogen (secondary N) is 1. The second-order valence-electron chi connectivity index (χ2n) is 6.26. The lowest BCUT2D eigenvalue weighted by Crippen LogP contribution is -2.46. The van der Waals surface area contributed by atoms with Crippen LogP contribution < -0.4 is 10.2 Å². The second kappa shape index (κ2) is 9.43. The monoisotopic (exact) mass is 625 g/mol. The molecule has 0 radical (unpaired) electrons. The quantitative estimate of drug-likeness (QED) is 0.341. The summed E-state index contributed by atoms with van der Waals surface area (Å²) in [5, 5.41) is 3.72. The van der Waals surface area contributed by atoms with Crippen LogP contribution in [0.1, 0.15) is 17.3 Å². The van der Waals surface area contributed by atoms with Crippen molar-refractivity contribution in [3.05, 3.63) is 53.4 Å². The molecule has 0 unspecified atom stereocenters. The largest absolute Gasteiger partial charge is 0.366 e. The summed E-state index contributed by atoms with van der Waals surface area (Å²) in [6, 6.07) is 9.40. The van der Waals surface area contributed by atoms with Gasteiger partial charge in [-0.1, -0.05) is 40.5 Å². The maximum absolute atomic E-state index is 13.0. The number of halogens is 4. The van der Waals surface area contributed by atoms with Crippen LogP contribution in [0.4, 0.5) is 11.4 Å². The van der Waals surface area contributed by atoms with E-state index in [2.05, 4.69) is 76.5 Å². The van der Waals surface area contributed by atoms with Gasteiger partial charge in [0.25, 0.3) is 5.91 Å². The van der Waals surface area contributed by atoms with Crippen molar-refractivity contribution in [3.63, 3.8) is 0 Å². The van der Waals surface area contributed by atoms with Crippen molar-refractivity contribution in [3.8, 4) is 0 Å². The molecule has 27 heavy (non-hydrogen) atoms. The number of benzene rings is 2. The van der Waals surface area contributed by atoms with Crippen molar-refractivity contribution in [2.45, 2.75) is 6.92 Å². The molecular weight excluding hydrogens is 608 g/mol. The Hall–Kier alpha value is -0.350. The van der Waals surface area contributed by atoms with Crippen molar-refractivity contribution in [2.24, 2.45) is 0 Å². The molecule has 8 heteroatoms. The Morgan fingerprint density at radius 2 is 1.93 bits per heavy atom. The molecule has 0 saturated carbocycles. The van der Waals surface area contributed by atoms with E-state index in [-0.39, 0.29) is 5.91 Å². The normalized spacial score (nSPS) is 15.1. The fourth-order valence-corrected chi connectivity index (χ4v) is 5.21. The average Bonchev–Trinajstić information content (AvgIpc) is 2.65. The number of nitrogens with zero attached hydrogens (tertiary/aromatic N) is 2. The van der Waals surface area contributed by atoms with Gasteiger partial charge in [-0.15, -0.1) is 0 Å². The molecule has 4 nitrogen and oxygen atoms in total. The molecule has 1 aliphatic rings. The Labute approximate surface area is 195 Å². The molecule has 1 amide bonds. The van der Waals surface area contributed by atoms with Gasteiger partial charge in [0.05, 0.1) is 22.0 Å². The molecule has 1 fully saturated rings. The number of rotatable bonds is 4. The summed E-state index contributed by atoms with van der Waals surface area (Å²) in [4.78, 5) is 17.6. The van der Waals surface area contributed by atoms with Crippen molar-refractivity contribution in [1.29, 1.82) is 0 Å². The molecule has 1 heterocycles. The molecule has 0 aromatic heterocycles. The molecule has 2 aromatic carbocycles. The minimum absolute atomic E-state index is 0.155. The van der Waals surface area contributed by atoms with Gasteiger partial charge >= 0.3 is 0 Å². The van der Waals surface area contributed by atoms with Crippen LogP contribution in [0.5, 0.6) is 0 Å². The molecule has 0 spiro atoms. The van der Waals surface area contributed by atoms with E-state index in [4.69, 9.17) is 11.6 Å². The molecule has 144 valence electrons. The van der Waals surface area contributed by atoms with Crippen molar-refractivity contribution >= 4 is 83.3 Å². The van der Waals surface area contributed by atoms with Crippen LogP contribution in [0.2, 0.25) is 5.02 Å². The molecule has 3 rings (SSSR count). The number of amides is 1. The van der Waals surface area contributed by atoms with E-state index in [1.54, 1.807) is 0 Å². The first-order valence-corrected chi connectivity index (χ1v) is 11.7. The van der Waals surface area contributed by atoms with E-state index in [0.717, 1.165) is 56.6 Å². The highest BCUT2D eigenvalue weighted by Gasteiger charge is 2.22. The van der Waals surface area contributed by atoms with E-state index in [0.29, 0.717) is 10.6 Å². The fourth-order valence-electron chi connectivity index (χ4n) is 3.14. The number of carbonyl (C=O) groups is 1. The third-order valence-corrected chi connectivity index (χ3v) is 7.90. The van der Waals surface area contributed by atoms with E-state index in [1.165, 1.54) is 0 Å². The van der Waals surface area contributed by atoms with E-state index < -0.39 is 0 Å². The first kappa shape index (κ1) is 21.4. The zero-order valence-corrected chi connectivity index (χ0v) is 20.8. The minimum atomic E-state index is -0.155. The summed E-state index contributed by atoms with van der Waals surface area (Å²) in [6.45, 7) is 6.99. The van der Waals surface area contributed by atoms with Crippen molar-refractivity contribution in [2.75, 3.05) is 42.9 Å². The Balaban J connectivity index is 1.88. The van der Waals surface area contributed by atoms with Crippen LogP contribution in [-0.2, 0) is 0 Å². The van der Waals surface area contributed by atoms with E-state index >= 15 is 0 Å². The first-order chi connectivity index (χ1) is 12.9. The molecular formula is C19H19Br2ClIN3O. The fraction of sp³-hybridized carbons (Fsp3) is 0.316. The standard InChI is InChI=1S/C19H19Br2ClIN3O/c1-2-25-6-8-26(9-7-25)18-15(22)4-3-5-16(18)24-19(27)13-10-12(20)11-14(21)17(13)23/h3-5,10-11H,2,6-9H2,1H3,(H,24,27). The first-order valence-electron chi connectivity index (χ1n) is 8.62. The third kappa shape index (κ3) is 4.98. The average molecular weight is 628 g/mol. The Bertz CT molecular complexity index is 857. The summed E-state index contributed by atoms with van der Waals surface area (Å²) in [7, 11) is 0. The van der Waals surface area contributed by atoms with Crippen LogP contribution >= 0.6 is 66.1 Å². The van der Waals surface area contributed by atoms with Crippen molar-refractivity contribution < 1.29 is 4.79 Å². The number of likely N-dealkylation sites (N-methyl/N-ethyl adjacent to an activating group) is 1. The van der Waals surface area contributed by atoms with Gasteiger partial charge in [-0.05, 0) is 69.3 Å². The van der Waals surface area contributed by atoms with Crippen LogP contribution in [0, 0.1) is 3.57 Å². The molecule has 1 saturated heterocycles.